The first-order chi connectivity index (χ1) is 19.3. The number of methoxy groups -OCH3 is 3. The monoisotopic (exact) mass is 563 g/mol. The second kappa shape index (κ2) is 11.7. The van der Waals surface area contributed by atoms with Crippen molar-refractivity contribution in [1.29, 1.82) is 0 Å². The highest BCUT2D eigenvalue weighted by Crippen LogP contribution is 2.50. The number of anilines is 2. The minimum atomic E-state index is -0.339. The number of amides is 1. The van der Waals surface area contributed by atoms with Crippen LogP contribution < -0.4 is 34.8 Å². The van der Waals surface area contributed by atoms with Crippen LogP contribution in [0.4, 0.5) is 11.4 Å². The van der Waals surface area contributed by atoms with E-state index in [4.69, 9.17) is 25.8 Å². The van der Waals surface area contributed by atoms with Crippen LogP contribution in [0.1, 0.15) is 30.5 Å². The third-order valence-corrected chi connectivity index (χ3v) is 7.92. The first-order valence-electron chi connectivity index (χ1n) is 13.4. The molecule has 0 saturated carbocycles. The van der Waals surface area contributed by atoms with E-state index < -0.39 is 0 Å². The van der Waals surface area contributed by atoms with Gasteiger partial charge in [0.15, 0.2) is 11.5 Å². The summed E-state index contributed by atoms with van der Waals surface area (Å²) in [6, 6.07) is 15.0. The van der Waals surface area contributed by atoms with Gasteiger partial charge >= 0.3 is 0 Å². The topological polar surface area (TPSA) is 80.3 Å². The number of carbonyl (C=O) groups excluding carboxylic acids is 1. The second-order valence-electron chi connectivity index (χ2n) is 10.0. The molecule has 0 spiro atoms. The lowest BCUT2D eigenvalue weighted by molar-refractivity contribution is -0.119. The molecular formula is C31H34ClN3O5. The molecule has 8 nitrogen and oxygen atoms in total. The number of rotatable bonds is 6. The molecule has 1 atom stereocenters. The van der Waals surface area contributed by atoms with Crippen LogP contribution in [0.25, 0.3) is 11.1 Å². The van der Waals surface area contributed by atoms with E-state index in [1.807, 2.05) is 36.4 Å². The van der Waals surface area contributed by atoms with Crippen LogP contribution in [0.5, 0.6) is 17.2 Å². The minimum absolute atomic E-state index is 0.0873. The molecule has 1 amide bonds. The standard InChI is InChI=1S/C31H34ClN3O5/c1-19(36)33-25-10-8-20-16-28(38-2)30(39-3)31(40-4)29(20)23-9-11-26(27(37)18-24(23)25)35-14-12-34(13-15-35)22-7-5-6-21(32)17-22/h5-7,9,11,16-18,25H,8,10,12-15H2,1-4H3,(H,33,36)/t25-/m1/s1. The van der Waals surface area contributed by atoms with Crippen molar-refractivity contribution in [3.8, 4) is 28.4 Å². The van der Waals surface area contributed by atoms with Gasteiger partial charge in [0.2, 0.25) is 17.1 Å². The van der Waals surface area contributed by atoms with E-state index in [9.17, 15) is 9.59 Å². The Balaban J connectivity index is 1.59. The summed E-state index contributed by atoms with van der Waals surface area (Å²) in [5.74, 6) is 1.44. The van der Waals surface area contributed by atoms with Crippen molar-refractivity contribution in [2.45, 2.75) is 25.8 Å². The summed E-state index contributed by atoms with van der Waals surface area (Å²) in [6.07, 6.45) is 1.28. The van der Waals surface area contributed by atoms with Gasteiger partial charge < -0.3 is 29.3 Å². The fourth-order valence-electron chi connectivity index (χ4n) is 5.84. The smallest absolute Gasteiger partial charge is 0.217 e. The van der Waals surface area contributed by atoms with E-state index in [1.165, 1.54) is 6.92 Å². The number of piperazine rings is 1. The van der Waals surface area contributed by atoms with Gasteiger partial charge in [0, 0.05) is 49.4 Å². The highest BCUT2D eigenvalue weighted by Gasteiger charge is 2.30. The van der Waals surface area contributed by atoms with Crippen molar-refractivity contribution >= 4 is 28.9 Å². The lowest BCUT2D eigenvalue weighted by Gasteiger charge is -2.37. The lowest BCUT2D eigenvalue weighted by atomic mass is 9.95. The molecule has 210 valence electrons. The van der Waals surface area contributed by atoms with Crippen LogP contribution in [-0.4, -0.2) is 53.4 Å². The predicted molar refractivity (Wildman–Crippen MR) is 159 cm³/mol. The second-order valence-corrected chi connectivity index (χ2v) is 10.5. The maximum atomic E-state index is 13.8. The molecule has 3 aromatic rings. The minimum Gasteiger partial charge on any atom is -0.493 e. The quantitative estimate of drug-likeness (QED) is 0.459. The Morgan fingerprint density at radius 1 is 0.925 bits per heavy atom. The molecule has 5 rings (SSSR count). The zero-order chi connectivity index (χ0) is 28.4. The molecule has 1 N–H and O–H groups in total. The van der Waals surface area contributed by atoms with Gasteiger partial charge in [-0.3, -0.25) is 9.59 Å². The Morgan fingerprint density at radius 2 is 1.65 bits per heavy atom. The Hall–Kier alpha value is -3.91. The highest BCUT2D eigenvalue weighted by molar-refractivity contribution is 6.30. The fraction of sp³-hybridized carbons (Fsp3) is 0.355. The summed E-state index contributed by atoms with van der Waals surface area (Å²) in [6.45, 7) is 4.41. The molecule has 0 radical (unpaired) electrons. The van der Waals surface area contributed by atoms with Crippen molar-refractivity contribution < 1.29 is 19.0 Å². The molecule has 2 aliphatic rings. The summed E-state index contributed by atoms with van der Waals surface area (Å²) in [5, 5.41) is 3.77. The van der Waals surface area contributed by atoms with Crippen molar-refractivity contribution in [2.75, 3.05) is 57.3 Å². The summed E-state index contributed by atoms with van der Waals surface area (Å²) < 4.78 is 17.2. The normalized spacial score (nSPS) is 16.4. The van der Waals surface area contributed by atoms with Gasteiger partial charge in [-0.25, -0.2) is 0 Å². The number of nitrogens with zero attached hydrogens (tertiary/aromatic N) is 2. The van der Waals surface area contributed by atoms with Gasteiger partial charge in [0.25, 0.3) is 0 Å². The SMILES string of the molecule is COc1cc2c(c(OC)c1OC)-c1ccc(N3CCN(c4cccc(Cl)c4)CC3)c(=O)cc1[C@H](NC(C)=O)CC2. The summed E-state index contributed by atoms with van der Waals surface area (Å²) in [4.78, 5) is 30.4. The molecule has 0 aromatic heterocycles. The van der Waals surface area contributed by atoms with Crippen LogP contribution in [0.2, 0.25) is 5.02 Å². The average Bonchev–Trinajstić information content (AvgIpc) is 3.20. The van der Waals surface area contributed by atoms with E-state index in [2.05, 4.69) is 21.2 Å². The third-order valence-electron chi connectivity index (χ3n) is 7.69. The highest BCUT2D eigenvalue weighted by atomic mass is 35.5. The number of hydrogen-bond donors (Lipinski definition) is 1. The largest absolute Gasteiger partial charge is 0.493 e. The van der Waals surface area contributed by atoms with E-state index in [0.717, 1.165) is 41.0 Å². The van der Waals surface area contributed by atoms with Crippen molar-refractivity contribution in [3.63, 3.8) is 0 Å². The molecule has 1 saturated heterocycles. The third kappa shape index (κ3) is 5.28. The summed E-state index contributed by atoms with van der Waals surface area (Å²) in [7, 11) is 4.77. The maximum absolute atomic E-state index is 13.8. The molecule has 1 aliphatic carbocycles. The van der Waals surface area contributed by atoms with Gasteiger partial charge in [-0.2, -0.15) is 0 Å². The Labute approximate surface area is 239 Å². The molecule has 0 bridgehead atoms. The lowest BCUT2D eigenvalue weighted by Crippen LogP contribution is -2.47. The number of halogens is 1. The number of fused-ring (bicyclic) bond motifs is 3. The molecular weight excluding hydrogens is 530 g/mol. The van der Waals surface area contributed by atoms with E-state index in [1.54, 1.807) is 27.4 Å². The number of ether oxygens (including phenoxy) is 3. The first kappa shape index (κ1) is 27.6. The van der Waals surface area contributed by atoms with Gasteiger partial charge in [0.1, 0.15) is 0 Å². The molecule has 0 unspecified atom stereocenters. The summed E-state index contributed by atoms with van der Waals surface area (Å²) >= 11 is 6.21. The molecule has 1 aliphatic heterocycles. The van der Waals surface area contributed by atoms with Gasteiger partial charge in [-0.05, 0) is 65.9 Å². The number of nitrogens with one attached hydrogen (secondary N) is 1. The zero-order valence-electron chi connectivity index (χ0n) is 23.3. The number of aryl methyl sites for hydroxylation is 1. The van der Waals surface area contributed by atoms with Crippen molar-refractivity contribution in [1.82, 2.24) is 5.32 Å². The molecule has 3 aromatic carbocycles. The Morgan fingerprint density at radius 3 is 2.30 bits per heavy atom. The van der Waals surface area contributed by atoms with E-state index in [-0.39, 0.29) is 17.4 Å². The predicted octanol–water partition coefficient (Wildman–Crippen LogP) is 4.84. The average molecular weight is 564 g/mol. The number of hydrogen-bond acceptors (Lipinski definition) is 7. The Bertz CT molecular complexity index is 1490. The molecule has 9 heteroatoms. The Kier molecular flexibility index (Phi) is 8.07. The first-order valence-corrected chi connectivity index (χ1v) is 13.8. The van der Waals surface area contributed by atoms with Crippen LogP contribution in [-0.2, 0) is 11.2 Å². The van der Waals surface area contributed by atoms with E-state index >= 15 is 0 Å². The van der Waals surface area contributed by atoms with Gasteiger partial charge in [-0.1, -0.05) is 23.7 Å². The van der Waals surface area contributed by atoms with Crippen molar-refractivity contribution in [3.05, 3.63) is 74.9 Å². The zero-order valence-corrected chi connectivity index (χ0v) is 24.0. The molecule has 40 heavy (non-hydrogen) atoms. The van der Waals surface area contributed by atoms with Crippen LogP contribution in [0, 0.1) is 0 Å². The van der Waals surface area contributed by atoms with Gasteiger partial charge in [0.05, 0.1) is 33.1 Å². The van der Waals surface area contributed by atoms with Crippen LogP contribution >= 0.6 is 11.6 Å². The van der Waals surface area contributed by atoms with Gasteiger partial charge in [-0.15, -0.1) is 0 Å². The number of benzene rings is 2. The number of carbonyl (C=O) groups is 1. The maximum Gasteiger partial charge on any atom is 0.217 e. The fourth-order valence-corrected chi connectivity index (χ4v) is 6.02. The van der Waals surface area contributed by atoms with E-state index in [0.29, 0.717) is 53.9 Å². The van der Waals surface area contributed by atoms with Crippen LogP contribution in [0.15, 0.2) is 53.3 Å². The van der Waals surface area contributed by atoms with Crippen LogP contribution in [0.3, 0.4) is 0 Å². The summed E-state index contributed by atoms with van der Waals surface area (Å²) in [5.41, 5.74) is 5.04. The van der Waals surface area contributed by atoms with Crippen molar-refractivity contribution in [2.24, 2.45) is 0 Å². The molecule has 1 fully saturated rings. The molecule has 1 heterocycles.